The molecule has 7 heteroatoms. The van der Waals surface area contributed by atoms with Crippen LogP contribution in [0, 0.1) is 5.92 Å². The van der Waals surface area contributed by atoms with E-state index in [-0.39, 0.29) is 36.4 Å². The molecule has 1 rings (SSSR count). The number of halogens is 1. The Hall–Kier alpha value is -0.570. The van der Waals surface area contributed by atoms with Crippen LogP contribution < -0.4 is 10.6 Å². The fourth-order valence-electron chi connectivity index (χ4n) is 2.82. The third-order valence-corrected chi connectivity index (χ3v) is 4.55. The van der Waals surface area contributed by atoms with Crippen molar-refractivity contribution < 1.29 is 9.53 Å². The molecule has 0 spiro atoms. The molecule has 0 radical (unpaired) electrons. The third kappa shape index (κ3) is 12.7. The van der Waals surface area contributed by atoms with Crippen molar-refractivity contribution in [3.8, 4) is 0 Å². The third-order valence-electron chi connectivity index (χ3n) is 4.55. The van der Waals surface area contributed by atoms with E-state index in [4.69, 9.17) is 4.74 Å². The quantitative estimate of drug-likeness (QED) is 0.206. The monoisotopic (exact) mass is 482 g/mol. The molecule has 1 amide bonds. The van der Waals surface area contributed by atoms with Gasteiger partial charge in [-0.1, -0.05) is 32.6 Å². The van der Waals surface area contributed by atoms with E-state index in [0.717, 1.165) is 51.0 Å². The van der Waals surface area contributed by atoms with Crippen molar-refractivity contribution >= 4 is 35.8 Å². The number of hydrogen-bond acceptors (Lipinski definition) is 3. The summed E-state index contributed by atoms with van der Waals surface area (Å²) in [4.78, 5) is 17.8. The molecule has 0 unspecified atom stereocenters. The summed E-state index contributed by atoms with van der Waals surface area (Å²) in [7, 11) is 3.52. The second kappa shape index (κ2) is 16.6. The van der Waals surface area contributed by atoms with Crippen LogP contribution in [0.25, 0.3) is 0 Å². The van der Waals surface area contributed by atoms with E-state index in [9.17, 15) is 4.79 Å². The standard InChI is InChI=1S/C19H38N4O2.HI/c1-4-5-13-25-14-9-12-20-19(22-16-18(24)23(2)3)21-15-17-10-7-6-8-11-17;/h17H,4-16H2,1-3H3,(H2,20,21,22);1H. The summed E-state index contributed by atoms with van der Waals surface area (Å²) in [5.74, 6) is 1.48. The van der Waals surface area contributed by atoms with E-state index >= 15 is 0 Å². The number of unbranched alkanes of at least 4 members (excludes halogenated alkanes) is 1. The largest absolute Gasteiger partial charge is 0.381 e. The Balaban J connectivity index is 0.00000625. The molecule has 1 saturated carbocycles. The van der Waals surface area contributed by atoms with E-state index in [1.165, 1.54) is 38.5 Å². The van der Waals surface area contributed by atoms with Gasteiger partial charge in [0.05, 0.1) is 0 Å². The highest BCUT2D eigenvalue weighted by molar-refractivity contribution is 14.0. The van der Waals surface area contributed by atoms with Gasteiger partial charge in [-0.25, -0.2) is 4.99 Å². The lowest BCUT2D eigenvalue weighted by Crippen LogP contribution is -2.41. The Labute approximate surface area is 176 Å². The molecule has 0 bridgehead atoms. The number of carbonyl (C=O) groups excluding carboxylic acids is 1. The number of guanidine groups is 1. The van der Waals surface area contributed by atoms with E-state index < -0.39 is 0 Å². The van der Waals surface area contributed by atoms with Gasteiger partial charge in [0.2, 0.25) is 5.91 Å². The molecule has 154 valence electrons. The summed E-state index contributed by atoms with van der Waals surface area (Å²) in [5.41, 5.74) is 0. The first-order chi connectivity index (χ1) is 12.1. The van der Waals surface area contributed by atoms with Crippen molar-refractivity contribution in [2.75, 3.05) is 46.9 Å². The van der Waals surface area contributed by atoms with Crippen LogP contribution in [0.5, 0.6) is 0 Å². The minimum Gasteiger partial charge on any atom is -0.381 e. The van der Waals surface area contributed by atoms with Gasteiger partial charge in [-0.2, -0.15) is 0 Å². The number of amides is 1. The van der Waals surface area contributed by atoms with E-state index in [1.807, 2.05) is 0 Å². The zero-order chi connectivity index (χ0) is 18.3. The van der Waals surface area contributed by atoms with Gasteiger partial charge in [0.15, 0.2) is 5.96 Å². The average Bonchev–Trinajstić information content (AvgIpc) is 2.63. The molecule has 0 saturated heterocycles. The fraction of sp³-hybridized carbons (Fsp3) is 0.895. The van der Waals surface area contributed by atoms with Gasteiger partial charge in [-0.15, -0.1) is 24.0 Å². The molecule has 2 N–H and O–H groups in total. The van der Waals surface area contributed by atoms with Crippen molar-refractivity contribution in [3.05, 3.63) is 0 Å². The molecule has 0 aromatic heterocycles. The smallest absolute Gasteiger partial charge is 0.243 e. The minimum absolute atomic E-state index is 0. The summed E-state index contributed by atoms with van der Waals surface area (Å²) in [5, 5.41) is 6.75. The van der Waals surface area contributed by atoms with Crippen LogP contribution >= 0.6 is 24.0 Å². The molecule has 0 aliphatic heterocycles. The number of rotatable bonds is 11. The molecule has 0 heterocycles. The van der Waals surface area contributed by atoms with Crippen LogP contribution in [0.2, 0.25) is 0 Å². The van der Waals surface area contributed by atoms with Gasteiger partial charge in [-0.05, 0) is 31.6 Å². The Bertz CT molecular complexity index is 386. The van der Waals surface area contributed by atoms with E-state index in [0.29, 0.717) is 0 Å². The lowest BCUT2D eigenvalue weighted by atomic mass is 9.89. The zero-order valence-corrected chi connectivity index (χ0v) is 19.2. The molecule has 1 aliphatic rings. The normalized spacial score (nSPS) is 15.3. The average molecular weight is 482 g/mol. The summed E-state index contributed by atoms with van der Waals surface area (Å²) in [6.45, 7) is 5.70. The first-order valence-electron chi connectivity index (χ1n) is 9.93. The number of nitrogens with zero attached hydrogens (tertiary/aromatic N) is 2. The van der Waals surface area contributed by atoms with Crippen LogP contribution in [0.15, 0.2) is 4.99 Å². The highest BCUT2D eigenvalue weighted by Gasteiger charge is 2.14. The highest BCUT2D eigenvalue weighted by Crippen LogP contribution is 2.22. The van der Waals surface area contributed by atoms with Crippen LogP contribution in [0.3, 0.4) is 0 Å². The molecular weight excluding hydrogens is 443 g/mol. The maximum Gasteiger partial charge on any atom is 0.243 e. The minimum atomic E-state index is 0. The van der Waals surface area contributed by atoms with Gasteiger partial charge in [-0.3, -0.25) is 4.79 Å². The van der Waals surface area contributed by atoms with Gasteiger partial charge in [0.1, 0.15) is 6.54 Å². The fourth-order valence-corrected chi connectivity index (χ4v) is 2.82. The maximum atomic E-state index is 11.8. The van der Waals surface area contributed by atoms with Crippen molar-refractivity contribution in [1.82, 2.24) is 15.5 Å². The van der Waals surface area contributed by atoms with E-state index in [2.05, 4.69) is 22.5 Å². The molecule has 26 heavy (non-hydrogen) atoms. The molecular formula is C19H39IN4O2. The van der Waals surface area contributed by atoms with Crippen LogP contribution in [-0.4, -0.2) is 63.7 Å². The summed E-state index contributed by atoms with van der Waals surface area (Å²) in [6, 6.07) is 0. The first kappa shape index (κ1) is 25.4. The topological polar surface area (TPSA) is 66.0 Å². The highest BCUT2D eigenvalue weighted by atomic mass is 127. The summed E-state index contributed by atoms with van der Waals surface area (Å²) in [6.07, 6.45) is 9.85. The van der Waals surface area contributed by atoms with Gasteiger partial charge >= 0.3 is 0 Å². The Morgan fingerprint density at radius 1 is 1.12 bits per heavy atom. The van der Waals surface area contributed by atoms with Crippen LogP contribution in [0.4, 0.5) is 0 Å². The Kier molecular flexibility index (Phi) is 16.2. The van der Waals surface area contributed by atoms with Gasteiger partial charge < -0.3 is 20.3 Å². The second-order valence-electron chi connectivity index (χ2n) is 7.08. The molecule has 0 aromatic rings. The van der Waals surface area contributed by atoms with Crippen molar-refractivity contribution in [2.24, 2.45) is 10.9 Å². The molecule has 1 fully saturated rings. The number of likely N-dealkylation sites (N-methyl/N-ethyl adjacent to an activating group) is 1. The van der Waals surface area contributed by atoms with E-state index in [1.54, 1.807) is 19.0 Å². The van der Waals surface area contributed by atoms with Gasteiger partial charge in [0.25, 0.3) is 0 Å². The Morgan fingerprint density at radius 2 is 1.81 bits per heavy atom. The second-order valence-corrected chi connectivity index (χ2v) is 7.08. The molecule has 0 atom stereocenters. The van der Waals surface area contributed by atoms with Crippen molar-refractivity contribution in [1.29, 1.82) is 0 Å². The summed E-state index contributed by atoms with van der Waals surface area (Å²) >= 11 is 0. The first-order valence-corrected chi connectivity index (χ1v) is 9.93. The lowest BCUT2D eigenvalue weighted by molar-refractivity contribution is -0.127. The molecule has 1 aliphatic carbocycles. The van der Waals surface area contributed by atoms with Gasteiger partial charge in [0, 0.05) is 40.4 Å². The van der Waals surface area contributed by atoms with Crippen LogP contribution in [-0.2, 0) is 9.53 Å². The van der Waals surface area contributed by atoms with Crippen LogP contribution in [0.1, 0.15) is 58.3 Å². The number of carbonyl (C=O) groups is 1. The molecule has 0 aromatic carbocycles. The Morgan fingerprint density at radius 3 is 2.46 bits per heavy atom. The number of aliphatic imine (C=N–C) groups is 1. The number of ether oxygens (including phenoxy) is 1. The SMILES string of the molecule is CCCCOCCCNC(=NCC(=O)N(C)C)NCC1CCCCC1.I. The maximum absolute atomic E-state index is 11.8. The summed E-state index contributed by atoms with van der Waals surface area (Å²) < 4.78 is 5.58. The van der Waals surface area contributed by atoms with Crippen molar-refractivity contribution in [3.63, 3.8) is 0 Å². The number of hydrogen-bond donors (Lipinski definition) is 2. The van der Waals surface area contributed by atoms with Crippen molar-refractivity contribution in [2.45, 2.75) is 58.3 Å². The predicted molar refractivity (Wildman–Crippen MR) is 119 cm³/mol. The lowest BCUT2D eigenvalue weighted by Gasteiger charge is -2.23. The zero-order valence-electron chi connectivity index (χ0n) is 16.9. The number of nitrogens with one attached hydrogen (secondary N) is 2. The predicted octanol–water partition coefficient (Wildman–Crippen LogP) is 3.01. The molecule has 6 nitrogen and oxygen atoms in total.